The van der Waals surface area contributed by atoms with Crippen molar-refractivity contribution < 1.29 is 4.92 Å². The van der Waals surface area contributed by atoms with E-state index < -0.39 is 4.92 Å². The van der Waals surface area contributed by atoms with Gasteiger partial charge in [0.25, 0.3) is 5.69 Å². The first-order valence-corrected chi connectivity index (χ1v) is 7.63. The van der Waals surface area contributed by atoms with E-state index in [1.807, 2.05) is 60.7 Å². The number of anilines is 2. The third-order valence-electron chi connectivity index (χ3n) is 3.62. The van der Waals surface area contributed by atoms with Crippen LogP contribution < -0.4 is 11.2 Å². The highest BCUT2D eigenvalue weighted by atomic mass is 16.6. The molecule has 124 valence electrons. The number of hydrogen-bond acceptors (Lipinski definition) is 5. The Bertz CT molecular complexity index is 909. The molecule has 0 aliphatic rings. The van der Waals surface area contributed by atoms with Crippen molar-refractivity contribution in [1.82, 2.24) is 0 Å². The monoisotopic (exact) mass is 332 g/mol. The molecule has 0 heterocycles. The van der Waals surface area contributed by atoms with Gasteiger partial charge in [-0.3, -0.25) is 15.5 Å². The molecule has 0 aromatic heterocycles. The Morgan fingerprint density at radius 2 is 1.56 bits per heavy atom. The number of rotatable bonds is 5. The summed E-state index contributed by atoms with van der Waals surface area (Å²) in [7, 11) is 0. The van der Waals surface area contributed by atoms with Crippen LogP contribution in [0.4, 0.5) is 17.1 Å². The highest BCUT2D eigenvalue weighted by Crippen LogP contribution is 2.24. The average molecular weight is 332 g/mol. The largest absolute Gasteiger partial charge is 0.393 e. The number of para-hydroxylation sites is 1. The Morgan fingerprint density at radius 3 is 2.20 bits per heavy atom. The lowest BCUT2D eigenvalue weighted by Crippen LogP contribution is -2.08. The van der Waals surface area contributed by atoms with Gasteiger partial charge in [0, 0.05) is 17.2 Å². The number of nitrogens with two attached hydrogens (primary N) is 1. The Labute approximate surface area is 144 Å². The van der Waals surface area contributed by atoms with Gasteiger partial charge in [0.05, 0.1) is 16.3 Å². The van der Waals surface area contributed by atoms with Crippen LogP contribution in [0.5, 0.6) is 0 Å². The second kappa shape index (κ2) is 7.27. The fraction of sp³-hybridized carbons (Fsp3) is 0. The smallest absolute Gasteiger partial charge is 0.292 e. The molecule has 0 aliphatic heterocycles. The van der Waals surface area contributed by atoms with Crippen molar-refractivity contribution in [3.63, 3.8) is 0 Å². The summed E-state index contributed by atoms with van der Waals surface area (Å²) in [6.07, 6.45) is 0. The van der Waals surface area contributed by atoms with E-state index in [0.717, 1.165) is 11.3 Å². The first kappa shape index (κ1) is 16.2. The number of nitrogen functional groups attached to an aromatic ring is 1. The fourth-order valence-electron chi connectivity index (χ4n) is 2.37. The molecule has 0 saturated heterocycles. The molecule has 0 saturated carbocycles. The summed E-state index contributed by atoms with van der Waals surface area (Å²) in [6, 6.07) is 23.6. The molecule has 3 rings (SSSR count). The first-order valence-electron chi connectivity index (χ1n) is 7.63. The van der Waals surface area contributed by atoms with Gasteiger partial charge in [0.1, 0.15) is 5.69 Å². The molecule has 0 atom stereocenters. The third-order valence-corrected chi connectivity index (χ3v) is 3.62. The van der Waals surface area contributed by atoms with Gasteiger partial charge in [-0.25, -0.2) is 0 Å². The molecule has 6 nitrogen and oxygen atoms in total. The SMILES string of the molecule is Nc1ccc(/C(=N/Nc2ccccc2)c2ccccc2)cc1[N+](=O)[O-]. The van der Waals surface area contributed by atoms with Crippen LogP contribution >= 0.6 is 0 Å². The van der Waals surface area contributed by atoms with Crippen LogP contribution in [0.2, 0.25) is 0 Å². The first-order chi connectivity index (χ1) is 12.1. The minimum Gasteiger partial charge on any atom is -0.393 e. The summed E-state index contributed by atoms with van der Waals surface area (Å²) in [6.45, 7) is 0. The average Bonchev–Trinajstić information content (AvgIpc) is 2.64. The molecule has 0 bridgehead atoms. The van der Waals surface area contributed by atoms with Gasteiger partial charge >= 0.3 is 0 Å². The quantitative estimate of drug-likeness (QED) is 0.319. The van der Waals surface area contributed by atoms with Gasteiger partial charge in [-0.05, 0) is 18.2 Å². The van der Waals surface area contributed by atoms with Gasteiger partial charge in [0.15, 0.2) is 0 Å². The van der Waals surface area contributed by atoms with Crippen LogP contribution in [0, 0.1) is 10.1 Å². The zero-order chi connectivity index (χ0) is 17.6. The van der Waals surface area contributed by atoms with Gasteiger partial charge < -0.3 is 5.73 Å². The summed E-state index contributed by atoms with van der Waals surface area (Å²) < 4.78 is 0. The van der Waals surface area contributed by atoms with Crippen molar-refractivity contribution in [2.75, 3.05) is 11.2 Å². The maximum absolute atomic E-state index is 11.2. The molecule has 3 N–H and O–H groups in total. The van der Waals surface area contributed by atoms with Crippen molar-refractivity contribution in [3.05, 3.63) is 100 Å². The number of benzene rings is 3. The topological polar surface area (TPSA) is 93.5 Å². The Kier molecular flexibility index (Phi) is 4.71. The molecule has 0 fully saturated rings. The lowest BCUT2D eigenvalue weighted by atomic mass is 10.0. The Morgan fingerprint density at radius 1 is 0.920 bits per heavy atom. The minimum absolute atomic E-state index is 0.122. The summed E-state index contributed by atoms with van der Waals surface area (Å²) in [4.78, 5) is 10.7. The highest BCUT2D eigenvalue weighted by Gasteiger charge is 2.16. The second-order valence-electron chi connectivity index (χ2n) is 5.33. The van der Waals surface area contributed by atoms with E-state index in [9.17, 15) is 10.1 Å². The second-order valence-corrected chi connectivity index (χ2v) is 5.33. The molecule has 25 heavy (non-hydrogen) atoms. The summed E-state index contributed by atoms with van der Waals surface area (Å²) in [5.41, 5.74) is 11.5. The predicted molar refractivity (Wildman–Crippen MR) is 99.7 cm³/mol. The lowest BCUT2D eigenvalue weighted by Gasteiger charge is -2.09. The zero-order valence-electron chi connectivity index (χ0n) is 13.3. The third kappa shape index (κ3) is 3.81. The van der Waals surface area contributed by atoms with Gasteiger partial charge in [-0.15, -0.1) is 0 Å². The Hall–Kier alpha value is -3.67. The maximum atomic E-state index is 11.2. The molecular formula is C19H16N4O2. The summed E-state index contributed by atoms with van der Waals surface area (Å²) in [5.74, 6) is 0. The number of hydrogen-bond donors (Lipinski definition) is 2. The number of hydrazone groups is 1. The molecule has 3 aromatic rings. The standard InChI is InChI=1S/C19H16N4O2/c20-17-12-11-15(13-18(17)23(24)25)19(14-7-3-1-4-8-14)22-21-16-9-5-2-6-10-16/h1-13,21H,20H2/b22-19+. The zero-order valence-corrected chi connectivity index (χ0v) is 13.3. The van der Waals surface area contributed by atoms with E-state index in [-0.39, 0.29) is 11.4 Å². The van der Waals surface area contributed by atoms with Crippen LogP contribution in [-0.4, -0.2) is 10.6 Å². The van der Waals surface area contributed by atoms with E-state index in [1.165, 1.54) is 12.1 Å². The van der Waals surface area contributed by atoms with E-state index in [0.29, 0.717) is 11.3 Å². The molecule has 0 amide bonds. The molecule has 0 unspecified atom stereocenters. The van der Waals surface area contributed by atoms with Crippen molar-refractivity contribution >= 4 is 22.8 Å². The molecule has 0 radical (unpaired) electrons. The van der Waals surface area contributed by atoms with E-state index in [2.05, 4.69) is 10.5 Å². The van der Waals surface area contributed by atoms with E-state index in [4.69, 9.17) is 5.73 Å². The number of nitrogens with zero attached hydrogens (tertiary/aromatic N) is 2. The van der Waals surface area contributed by atoms with Crippen molar-refractivity contribution in [1.29, 1.82) is 0 Å². The van der Waals surface area contributed by atoms with Crippen molar-refractivity contribution in [3.8, 4) is 0 Å². The van der Waals surface area contributed by atoms with Crippen LogP contribution in [0.1, 0.15) is 11.1 Å². The van der Waals surface area contributed by atoms with Crippen LogP contribution in [0.25, 0.3) is 0 Å². The van der Waals surface area contributed by atoms with Crippen LogP contribution in [-0.2, 0) is 0 Å². The fourth-order valence-corrected chi connectivity index (χ4v) is 2.37. The van der Waals surface area contributed by atoms with Gasteiger partial charge in [-0.2, -0.15) is 5.10 Å². The van der Waals surface area contributed by atoms with Crippen molar-refractivity contribution in [2.45, 2.75) is 0 Å². The Balaban J connectivity index is 2.06. The number of nitrogens with one attached hydrogen (secondary N) is 1. The predicted octanol–water partition coefficient (Wildman–Crippen LogP) is 4.04. The van der Waals surface area contributed by atoms with E-state index in [1.54, 1.807) is 6.07 Å². The van der Waals surface area contributed by atoms with Gasteiger partial charge in [0.2, 0.25) is 0 Å². The molecular weight excluding hydrogens is 316 g/mol. The highest BCUT2D eigenvalue weighted by molar-refractivity contribution is 6.13. The summed E-state index contributed by atoms with van der Waals surface area (Å²) in [5, 5.41) is 15.7. The normalized spacial score (nSPS) is 11.1. The molecule has 0 aliphatic carbocycles. The molecule has 3 aromatic carbocycles. The van der Waals surface area contributed by atoms with E-state index >= 15 is 0 Å². The maximum Gasteiger partial charge on any atom is 0.292 e. The molecule has 6 heteroatoms. The number of nitro benzene ring substituents is 1. The summed E-state index contributed by atoms with van der Waals surface area (Å²) >= 11 is 0. The lowest BCUT2D eigenvalue weighted by molar-refractivity contribution is -0.383. The van der Waals surface area contributed by atoms with Crippen LogP contribution in [0.15, 0.2) is 84.0 Å². The number of nitro groups is 1. The van der Waals surface area contributed by atoms with Gasteiger partial charge in [-0.1, -0.05) is 54.6 Å². The molecule has 0 spiro atoms. The minimum atomic E-state index is -0.494. The van der Waals surface area contributed by atoms with Crippen molar-refractivity contribution in [2.24, 2.45) is 5.10 Å². The van der Waals surface area contributed by atoms with Crippen LogP contribution in [0.3, 0.4) is 0 Å².